The molecule has 0 fully saturated rings. The van der Waals surface area contributed by atoms with E-state index in [1.54, 1.807) is 6.20 Å². The molecule has 0 saturated carbocycles. The lowest BCUT2D eigenvalue weighted by Gasteiger charge is -2.02. The van der Waals surface area contributed by atoms with Gasteiger partial charge in [-0.3, -0.25) is 19.3 Å². The molecule has 0 atom stereocenters. The number of hydrogen-bond donors (Lipinski definition) is 1. The number of fused-ring (bicyclic) bond motifs is 1. The first-order valence-corrected chi connectivity index (χ1v) is 7.82. The topological polar surface area (TPSA) is 76.4 Å². The Kier molecular flexibility index (Phi) is 3.34. The van der Waals surface area contributed by atoms with Gasteiger partial charge in [0.05, 0.1) is 0 Å². The zero-order chi connectivity index (χ0) is 15.1. The monoisotopic (exact) mass is 320 g/mol. The highest BCUT2D eigenvalue weighted by Crippen LogP contribution is 2.19. The molecule has 3 aromatic rings. The van der Waals surface area contributed by atoms with Crippen LogP contribution < -0.4 is 10.9 Å². The van der Waals surface area contributed by atoms with E-state index < -0.39 is 5.91 Å². The molecular formula is C13H12N4O2S2. The molecule has 1 amide bonds. The van der Waals surface area contributed by atoms with E-state index in [9.17, 15) is 9.59 Å². The van der Waals surface area contributed by atoms with E-state index in [0.29, 0.717) is 10.1 Å². The third-order valence-electron chi connectivity index (χ3n) is 3.10. The SMILES string of the molecule is Cc1cnc(NC(=O)c2cnc3sc(C)c(C)n3c2=O)s1. The molecule has 0 aliphatic carbocycles. The van der Waals surface area contributed by atoms with Crippen molar-refractivity contribution in [3.63, 3.8) is 0 Å². The van der Waals surface area contributed by atoms with Gasteiger partial charge >= 0.3 is 0 Å². The van der Waals surface area contributed by atoms with Gasteiger partial charge in [0.15, 0.2) is 10.1 Å². The second-order valence-electron chi connectivity index (χ2n) is 4.57. The number of aromatic nitrogens is 3. The van der Waals surface area contributed by atoms with Crippen molar-refractivity contribution < 1.29 is 4.79 Å². The molecule has 8 heteroatoms. The second-order valence-corrected chi connectivity index (χ2v) is 6.99. The van der Waals surface area contributed by atoms with Crippen molar-refractivity contribution in [2.75, 3.05) is 5.32 Å². The maximum atomic E-state index is 12.5. The van der Waals surface area contributed by atoms with Gasteiger partial charge in [-0.15, -0.1) is 22.7 Å². The summed E-state index contributed by atoms with van der Waals surface area (Å²) in [6.07, 6.45) is 2.99. The molecular weight excluding hydrogens is 308 g/mol. The van der Waals surface area contributed by atoms with Crippen molar-refractivity contribution >= 4 is 38.7 Å². The van der Waals surface area contributed by atoms with Crippen LogP contribution in [0.2, 0.25) is 0 Å². The molecule has 108 valence electrons. The van der Waals surface area contributed by atoms with Crippen LogP contribution in [0.1, 0.15) is 25.8 Å². The lowest BCUT2D eigenvalue weighted by molar-refractivity contribution is 0.102. The lowest BCUT2D eigenvalue weighted by Crippen LogP contribution is -2.26. The number of rotatable bonds is 2. The summed E-state index contributed by atoms with van der Waals surface area (Å²) >= 11 is 2.79. The summed E-state index contributed by atoms with van der Waals surface area (Å²) in [7, 11) is 0. The first kappa shape index (κ1) is 13.9. The quantitative estimate of drug-likeness (QED) is 0.786. The molecule has 0 spiro atoms. The molecule has 0 saturated heterocycles. The van der Waals surface area contributed by atoms with Crippen LogP contribution in [0.15, 0.2) is 17.2 Å². The van der Waals surface area contributed by atoms with E-state index in [0.717, 1.165) is 15.4 Å². The van der Waals surface area contributed by atoms with Crippen LogP contribution in [0.3, 0.4) is 0 Å². The molecule has 6 nitrogen and oxygen atoms in total. The van der Waals surface area contributed by atoms with Crippen LogP contribution in [0.4, 0.5) is 5.13 Å². The van der Waals surface area contributed by atoms with Gasteiger partial charge in [0.1, 0.15) is 5.56 Å². The summed E-state index contributed by atoms with van der Waals surface area (Å²) < 4.78 is 1.47. The second kappa shape index (κ2) is 5.05. The van der Waals surface area contributed by atoms with Crippen molar-refractivity contribution in [3.05, 3.63) is 43.8 Å². The molecule has 1 N–H and O–H groups in total. The third-order valence-corrected chi connectivity index (χ3v) is 5.00. The van der Waals surface area contributed by atoms with Gasteiger partial charge in [0.25, 0.3) is 11.5 Å². The highest BCUT2D eigenvalue weighted by molar-refractivity contribution is 7.17. The average Bonchev–Trinajstić information content (AvgIpc) is 2.95. The van der Waals surface area contributed by atoms with Gasteiger partial charge in [-0.1, -0.05) is 0 Å². The largest absolute Gasteiger partial charge is 0.298 e. The van der Waals surface area contributed by atoms with Crippen LogP contribution in [0.25, 0.3) is 4.96 Å². The summed E-state index contributed by atoms with van der Waals surface area (Å²) in [5, 5.41) is 3.10. The molecule has 3 heterocycles. The minimum Gasteiger partial charge on any atom is -0.298 e. The number of carbonyl (C=O) groups excluding carboxylic acids is 1. The molecule has 0 bridgehead atoms. The van der Waals surface area contributed by atoms with Crippen molar-refractivity contribution in [2.24, 2.45) is 0 Å². The number of amides is 1. The Morgan fingerprint density at radius 3 is 2.62 bits per heavy atom. The first-order chi connectivity index (χ1) is 9.97. The van der Waals surface area contributed by atoms with E-state index in [1.807, 2.05) is 20.8 Å². The molecule has 0 radical (unpaired) electrons. The summed E-state index contributed by atoms with van der Waals surface area (Å²) in [6.45, 7) is 5.66. The third kappa shape index (κ3) is 2.36. The predicted molar refractivity (Wildman–Crippen MR) is 83.6 cm³/mol. The highest BCUT2D eigenvalue weighted by Gasteiger charge is 2.17. The Balaban J connectivity index is 2.04. The Labute approximate surface area is 128 Å². The predicted octanol–water partition coefficient (Wildman–Crippen LogP) is 2.39. The molecule has 0 aromatic carbocycles. The van der Waals surface area contributed by atoms with Gasteiger partial charge in [-0.25, -0.2) is 9.97 Å². The van der Waals surface area contributed by atoms with Gasteiger partial charge in [0.2, 0.25) is 0 Å². The number of thiazole rings is 2. The fourth-order valence-electron chi connectivity index (χ4n) is 1.91. The average molecular weight is 320 g/mol. The number of anilines is 1. The number of nitrogens with one attached hydrogen (secondary N) is 1. The van der Waals surface area contributed by atoms with Crippen molar-refractivity contribution in [3.8, 4) is 0 Å². The first-order valence-electron chi connectivity index (χ1n) is 6.19. The normalized spacial score (nSPS) is 11.0. The summed E-state index contributed by atoms with van der Waals surface area (Å²) in [5.74, 6) is -0.487. The smallest absolute Gasteiger partial charge is 0.271 e. The Morgan fingerprint density at radius 2 is 1.95 bits per heavy atom. The maximum Gasteiger partial charge on any atom is 0.271 e. The van der Waals surface area contributed by atoms with Crippen LogP contribution in [-0.4, -0.2) is 20.3 Å². The Bertz CT molecular complexity index is 907. The Morgan fingerprint density at radius 1 is 1.19 bits per heavy atom. The number of aryl methyl sites for hydroxylation is 3. The molecule has 0 aliphatic heterocycles. The van der Waals surface area contributed by atoms with Crippen LogP contribution >= 0.6 is 22.7 Å². The van der Waals surface area contributed by atoms with Crippen LogP contribution in [0.5, 0.6) is 0 Å². The Hall–Kier alpha value is -2.06. The van der Waals surface area contributed by atoms with Crippen molar-refractivity contribution in [2.45, 2.75) is 20.8 Å². The zero-order valence-electron chi connectivity index (χ0n) is 11.6. The maximum absolute atomic E-state index is 12.5. The van der Waals surface area contributed by atoms with E-state index in [4.69, 9.17) is 0 Å². The molecule has 21 heavy (non-hydrogen) atoms. The number of carbonyl (C=O) groups is 1. The van der Waals surface area contributed by atoms with E-state index in [2.05, 4.69) is 15.3 Å². The standard InChI is InChI=1S/C13H12N4O2S2/c1-6-4-14-12(20-6)16-10(18)9-5-15-13-17(11(9)19)7(2)8(3)21-13/h4-5H,1-3H3,(H,14,16,18). The van der Waals surface area contributed by atoms with Crippen LogP contribution in [0, 0.1) is 20.8 Å². The summed E-state index contributed by atoms with van der Waals surface area (Å²) in [6, 6.07) is 0. The van der Waals surface area contributed by atoms with E-state index in [1.165, 1.54) is 33.3 Å². The van der Waals surface area contributed by atoms with Gasteiger partial charge in [0, 0.05) is 27.8 Å². The minimum atomic E-state index is -0.487. The minimum absolute atomic E-state index is 0.0150. The molecule has 0 aliphatic rings. The van der Waals surface area contributed by atoms with E-state index in [-0.39, 0.29) is 11.1 Å². The molecule has 0 unspecified atom stereocenters. The number of nitrogens with zero attached hydrogens (tertiary/aromatic N) is 3. The van der Waals surface area contributed by atoms with Gasteiger partial charge in [-0.05, 0) is 20.8 Å². The van der Waals surface area contributed by atoms with Crippen molar-refractivity contribution in [1.82, 2.24) is 14.4 Å². The lowest BCUT2D eigenvalue weighted by atomic mass is 10.3. The van der Waals surface area contributed by atoms with Crippen molar-refractivity contribution in [1.29, 1.82) is 0 Å². The zero-order valence-corrected chi connectivity index (χ0v) is 13.3. The van der Waals surface area contributed by atoms with Gasteiger partial charge in [-0.2, -0.15) is 0 Å². The van der Waals surface area contributed by atoms with E-state index >= 15 is 0 Å². The van der Waals surface area contributed by atoms with Crippen LogP contribution in [-0.2, 0) is 0 Å². The summed E-state index contributed by atoms with van der Waals surface area (Å²) in [5.41, 5.74) is 0.473. The fourth-order valence-corrected chi connectivity index (χ4v) is 3.50. The molecule has 3 rings (SSSR count). The molecule has 3 aromatic heterocycles. The highest BCUT2D eigenvalue weighted by atomic mass is 32.1. The summed E-state index contributed by atoms with van der Waals surface area (Å²) in [4.78, 5) is 35.5. The van der Waals surface area contributed by atoms with Gasteiger partial charge < -0.3 is 0 Å². The fraction of sp³-hybridized carbons (Fsp3) is 0.231. The number of hydrogen-bond acceptors (Lipinski definition) is 6.